The summed E-state index contributed by atoms with van der Waals surface area (Å²) in [5.41, 5.74) is 27.0. The minimum absolute atomic E-state index is 0.0840. The molecule has 4 aliphatic rings. The molecule has 80 heavy (non-hydrogen) atoms. The van der Waals surface area contributed by atoms with Crippen LogP contribution in [0, 0.1) is 4.37 Å². The molecule has 393 valence electrons. The van der Waals surface area contributed by atoms with Gasteiger partial charge < -0.3 is 0 Å². The number of ether oxygens (including phenoxy) is 1. The number of benzene rings is 9. The van der Waals surface area contributed by atoms with Crippen molar-refractivity contribution in [2.75, 3.05) is 13.2 Å². The second kappa shape index (κ2) is 20.1. The number of hydrogen-bond donors (Lipinski definition) is 0. The Morgan fingerprint density at radius 1 is 0.475 bits per heavy atom. The molecule has 1 nitrogen and oxygen atoms in total. The molecule has 1 aliphatic heterocycles. The first-order chi connectivity index (χ1) is 38.8. The van der Waals surface area contributed by atoms with E-state index >= 15 is 0 Å². The Hall–Kier alpha value is -7.25. The van der Waals surface area contributed by atoms with Crippen LogP contribution in [0.2, 0.25) is 0 Å². The molecular weight excluding hydrogens is 1160 g/mol. The predicted octanol–water partition coefficient (Wildman–Crippen LogP) is 18.5. The molecule has 1 heterocycles. The fourth-order valence-corrected chi connectivity index (χ4v) is 19.8. The van der Waals surface area contributed by atoms with E-state index in [1.807, 2.05) is 17.9 Å². The summed E-state index contributed by atoms with van der Waals surface area (Å²) in [5, 5.41) is 5.17. The van der Waals surface area contributed by atoms with Crippen LogP contribution in [0.5, 0.6) is 0 Å². The van der Waals surface area contributed by atoms with Gasteiger partial charge in [0.05, 0.1) is 0 Å². The van der Waals surface area contributed by atoms with Gasteiger partial charge in [0, 0.05) is 10.8 Å². The number of rotatable bonds is 10. The van der Waals surface area contributed by atoms with Crippen LogP contribution >= 0.6 is 7.26 Å². The van der Waals surface area contributed by atoms with E-state index in [2.05, 4.69) is 284 Å². The Morgan fingerprint density at radius 3 is 1.25 bits per heavy atom. The topological polar surface area (TPSA) is 9.23 Å². The van der Waals surface area contributed by atoms with Crippen LogP contribution in [0.3, 0.4) is 0 Å². The summed E-state index contributed by atoms with van der Waals surface area (Å²) in [6, 6.07) is 76.8. The quantitative estimate of drug-likeness (QED) is 0.124. The molecule has 9 aromatic carbocycles. The van der Waals surface area contributed by atoms with Gasteiger partial charge in [0.25, 0.3) is 0 Å². The van der Waals surface area contributed by atoms with Gasteiger partial charge in [-0.3, -0.25) is 0 Å². The van der Waals surface area contributed by atoms with Gasteiger partial charge in [-0.2, -0.15) is 0 Å². The second-order valence-corrected chi connectivity index (χ2v) is 27.8. The van der Waals surface area contributed by atoms with Gasteiger partial charge in [-0.1, -0.05) is 88.4 Å². The van der Waals surface area contributed by atoms with E-state index < -0.39 is 7.26 Å². The number of allylic oxidation sites excluding steroid dienone is 5. The van der Waals surface area contributed by atoms with Gasteiger partial charge in [0.15, 0.2) is 0 Å². The van der Waals surface area contributed by atoms with Crippen LogP contribution in [-0.4, -0.2) is 13.2 Å². The average molecular weight is 1230 g/mol. The van der Waals surface area contributed by atoms with Gasteiger partial charge in [-0.25, -0.2) is 0 Å². The zero-order valence-corrected chi connectivity index (χ0v) is 50.6. The normalized spacial score (nSPS) is 17.1. The maximum atomic E-state index is 6.25. The van der Waals surface area contributed by atoms with Gasteiger partial charge >= 0.3 is 309 Å². The van der Waals surface area contributed by atoms with Crippen molar-refractivity contribution in [1.29, 1.82) is 0 Å². The molecule has 1 saturated heterocycles. The average Bonchev–Trinajstić information content (AvgIpc) is 4.21. The monoisotopic (exact) mass is 1230 g/mol. The molecule has 0 N–H and O–H groups in total. The standard InChI is InChI=1S/C77H67OP.Os/c1-10-21-51-29-35-62-63-36-30-52(43-70(63)75(4,5)69(62)41-51)53-31-37-64-65-38-32-54(45-72(65)76(6,7)71(64)44-53)55-33-39-66-67-40-34-56(47-74(67)77(8,9)73(66)46-55)68(42-58-49-78-48-57(58)22-11-2)50(3)79(59-23-15-12-16-24-59,60-25-17-13-18-26-60)61-27-19-14-20-28-61;/h10,12-47H,11,48-49H2,1-2,4-9H3;/q+1;/b21-10+,57-22?,58-42?,68-50?;. The van der Waals surface area contributed by atoms with E-state index in [1.165, 1.54) is 138 Å². The Morgan fingerprint density at radius 2 is 0.850 bits per heavy atom. The molecule has 0 unspecified atom stereocenters. The van der Waals surface area contributed by atoms with E-state index in [9.17, 15) is 0 Å². The van der Waals surface area contributed by atoms with Crippen molar-refractivity contribution < 1.29 is 22.7 Å². The van der Waals surface area contributed by atoms with E-state index in [0.717, 1.165) is 6.42 Å². The Kier molecular flexibility index (Phi) is 13.1. The van der Waals surface area contributed by atoms with Crippen LogP contribution in [-0.2, 0) is 38.9 Å². The van der Waals surface area contributed by atoms with Crippen molar-refractivity contribution in [3.63, 3.8) is 0 Å². The van der Waals surface area contributed by atoms with Crippen molar-refractivity contribution >= 4 is 34.8 Å². The summed E-state index contributed by atoms with van der Waals surface area (Å²) in [6.07, 6.45) is 10.1. The van der Waals surface area contributed by atoms with Gasteiger partial charge in [0.2, 0.25) is 0 Å². The zero-order chi connectivity index (χ0) is 55.1. The van der Waals surface area contributed by atoms with Crippen LogP contribution in [0.15, 0.2) is 235 Å². The first-order valence-electron chi connectivity index (χ1n) is 28.4. The van der Waals surface area contributed by atoms with Crippen molar-refractivity contribution in [3.8, 4) is 60.0 Å². The van der Waals surface area contributed by atoms with Crippen molar-refractivity contribution in [1.82, 2.24) is 0 Å². The molecule has 0 spiro atoms. The molecule has 3 aliphatic carbocycles. The summed E-state index contributed by atoms with van der Waals surface area (Å²) in [7, 11) is -2.53. The molecule has 0 saturated carbocycles. The van der Waals surface area contributed by atoms with Gasteiger partial charge in [-0.05, 0) is 80.3 Å². The molecule has 0 amide bonds. The molecule has 0 radical (unpaired) electrons. The first kappa shape index (κ1) is 52.1. The van der Waals surface area contributed by atoms with Crippen LogP contribution < -0.4 is 15.9 Å². The fourth-order valence-electron chi connectivity index (χ4n) is 14.0. The summed E-state index contributed by atoms with van der Waals surface area (Å²) in [6.45, 7) is 20.0. The minimum Gasteiger partial charge on any atom is -0.0537 e. The van der Waals surface area contributed by atoms with Crippen molar-refractivity contribution in [2.24, 2.45) is 0 Å². The Balaban J connectivity index is 0.880. The summed E-state index contributed by atoms with van der Waals surface area (Å²) < 4.78 is 10.2. The summed E-state index contributed by atoms with van der Waals surface area (Å²) in [4.78, 5) is 0. The smallest absolute Gasteiger partial charge is 0.0537 e. The number of hydrogen-bond acceptors (Lipinski definition) is 1. The molecule has 0 aromatic heterocycles. The molecule has 13 rings (SSSR count). The molecule has 0 bridgehead atoms. The SMILES string of the molecule is C/C=C/c1ccc2c(c1)C(C)(C)c1cc(-c3ccc4c(c3)C(C)(C)c3cc(-c5ccc6c(c5)C(C)(C)c5cc(C(C=C7COCC7=CCC)=C([C]#[Os])[P+](c7ccccc7)(c7ccccc7)c7ccccc7)ccc5-6)ccc3-4)ccc1-2. The summed E-state index contributed by atoms with van der Waals surface area (Å²) >= 11 is 1.86. The van der Waals surface area contributed by atoms with Crippen LogP contribution in [0.1, 0.15) is 106 Å². The van der Waals surface area contributed by atoms with E-state index in [-0.39, 0.29) is 16.2 Å². The molecular formula is C77H67OOsP+. The van der Waals surface area contributed by atoms with Crippen molar-refractivity contribution in [3.05, 3.63) is 279 Å². The Bertz CT molecular complexity index is 4060. The fraction of sp³-hybridized carbons (Fsp3) is 0.182. The molecule has 1 fully saturated rings. The van der Waals surface area contributed by atoms with Crippen molar-refractivity contribution in [2.45, 2.75) is 78.1 Å². The second-order valence-electron chi connectivity index (χ2n) is 23.8. The first-order valence-corrected chi connectivity index (χ1v) is 31.5. The maximum absolute atomic E-state index is 6.25. The third-order valence-electron chi connectivity index (χ3n) is 18.2. The van der Waals surface area contributed by atoms with Gasteiger partial charge in [-0.15, -0.1) is 0 Å². The summed E-state index contributed by atoms with van der Waals surface area (Å²) in [5.74, 6) is 0. The molecule has 9 aromatic rings. The third kappa shape index (κ3) is 8.21. The molecule has 0 atom stereocenters. The van der Waals surface area contributed by atoms with E-state index in [1.54, 1.807) is 0 Å². The van der Waals surface area contributed by atoms with Crippen LogP contribution in [0.4, 0.5) is 0 Å². The number of fused-ring (bicyclic) bond motifs is 9. The van der Waals surface area contributed by atoms with Gasteiger partial charge in [0.1, 0.15) is 0 Å². The van der Waals surface area contributed by atoms with E-state index in [4.69, 9.17) is 4.74 Å². The minimum atomic E-state index is -2.53. The predicted molar refractivity (Wildman–Crippen MR) is 338 cm³/mol. The zero-order valence-electron chi connectivity index (χ0n) is 47.2. The third-order valence-corrected chi connectivity index (χ3v) is 23.6. The van der Waals surface area contributed by atoms with Crippen LogP contribution in [0.25, 0.3) is 67.3 Å². The Labute approximate surface area is 484 Å². The van der Waals surface area contributed by atoms with E-state index in [0.29, 0.717) is 13.2 Å². The molecule has 3 heteroatoms.